The maximum Gasteiger partial charge on any atom is 0.225 e. The Labute approximate surface area is 117 Å². The average Bonchev–Trinajstić information content (AvgIpc) is 2.22. The Balaban J connectivity index is 0.00000289. The number of carbonyl (C=O) groups is 1. The molecule has 0 bridgehead atoms. The number of rotatable bonds is 9. The van der Waals surface area contributed by atoms with Crippen molar-refractivity contribution in [3.63, 3.8) is 0 Å². The van der Waals surface area contributed by atoms with E-state index >= 15 is 0 Å². The van der Waals surface area contributed by atoms with Crippen molar-refractivity contribution in [3.8, 4) is 0 Å². The van der Waals surface area contributed by atoms with Gasteiger partial charge in [-0.1, -0.05) is 13.8 Å². The molecule has 0 radical (unpaired) electrons. The zero-order chi connectivity index (χ0) is 12.5. The Hall–Kier alpha value is -0.320. The fourth-order valence-corrected chi connectivity index (χ4v) is 2.10. The lowest BCUT2D eigenvalue weighted by Gasteiger charge is -2.26. The third kappa shape index (κ3) is 6.57. The molecule has 0 aromatic heterocycles. The Morgan fingerprint density at radius 2 is 1.83 bits per heavy atom. The molecule has 2 N–H and O–H groups in total. The Morgan fingerprint density at radius 3 is 2.28 bits per heavy atom. The maximum atomic E-state index is 11.6. The van der Waals surface area contributed by atoms with E-state index in [-0.39, 0.29) is 24.2 Å². The molecule has 1 fully saturated rings. The van der Waals surface area contributed by atoms with Crippen molar-refractivity contribution in [2.24, 2.45) is 5.92 Å². The molecular weight excluding hydrogens is 250 g/mol. The van der Waals surface area contributed by atoms with Gasteiger partial charge in [0, 0.05) is 19.6 Å². The minimum atomic E-state index is 0. The first-order valence-corrected chi connectivity index (χ1v) is 6.98. The number of nitrogens with one attached hydrogen (secondary N) is 2. The van der Waals surface area contributed by atoms with Gasteiger partial charge >= 0.3 is 0 Å². The van der Waals surface area contributed by atoms with E-state index in [0.717, 1.165) is 32.6 Å². The van der Waals surface area contributed by atoms with Crippen LogP contribution < -0.4 is 10.6 Å². The first-order chi connectivity index (χ1) is 8.27. The first-order valence-electron chi connectivity index (χ1n) is 6.98. The minimum Gasteiger partial charge on any atom is -0.356 e. The number of carbonyl (C=O) groups excluding carboxylic acids is 1. The van der Waals surface area contributed by atoms with E-state index in [1.807, 2.05) is 0 Å². The van der Waals surface area contributed by atoms with Crippen LogP contribution in [0.5, 0.6) is 0 Å². The number of hydrogen-bond acceptors (Lipinski definition) is 3. The number of nitrogens with zero attached hydrogens (tertiary/aromatic N) is 1. The second kappa shape index (κ2) is 10.6. The minimum absolute atomic E-state index is 0. The SMILES string of the molecule is CCCN(CCC)CCCNC(=O)C1CNC1.Cl. The van der Waals surface area contributed by atoms with Crippen LogP contribution in [0, 0.1) is 5.92 Å². The monoisotopic (exact) mass is 277 g/mol. The van der Waals surface area contributed by atoms with Crippen LogP contribution in [0.4, 0.5) is 0 Å². The van der Waals surface area contributed by atoms with E-state index in [0.29, 0.717) is 0 Å². The molecule has 1 aliphatic rings. The topological polar surface area (TPSA) is 44.4 Å². The van der Waals surface area contributed by atoms with E-state index in [1.54, 1.807) is 0 Å². The second-order valence-corrected chi connectivity index (χ2v) is 4.84. The first kappa shape index (κ1) is 17.7. The van der Waals surface area contributed by atoms with Crippen LogP contribution >= 0.6 is 12.4 Å². The van der Waals surface area contributed by atoms with Gasteiger partial charge in [0.05, 0.1) is 5.92 Å². The highest BCUT2D eigenvalue weighted by atomic mass is 35.5. The maximum absolute atomic E-state index is 11.6. The molecule has 0 spiro atoms. The quantitative estimate of drug-likeness (QED) is 0.624. The Kier molecular flexibility index (Phi) is 10.4. The van der Waals surface area contributed by atoms with Gasteiger partial charge in [-0.25, -0.2) is 0 Å². The van der Waals surface area contributed by atoms with Crippen molar-refractivity contribution in [2.45, 2.75) is 33.1 Å². The van der Waals surface area contributed by atoms with Gasteiger partial charge in [0.25, 0.3) is 0 Å². The lowest BCUT2D eigenvalue weighted by atomic mass is 10.0. The van der Waals surface area contributed by atoms with Gasteiger partial charge in [0.15, 0.2) is 0 Å². The summed E-state index contributed by atoms with van der Waals surface area (Å²) < 4.78 is 0. The largest absolute Gasteiger partial charge is 0.356 e. The summed E-state index contributed by atoms with van der Waals surface area (Å²) in [6.07, 6.45) is 3.48. The highest BCUT2D eigenvalue weighted by Gasteiger charge is 2.23. The summed E-state index contributed by atoms with van der Waals surface area (Å²) in [5.74, 6) is 0.443. The summed E-state index contributed by atoms with van der Waals surface area (Å²) in [4.78, 5) is 14.0. The second-order valence-electron chi connectivity index (χ2n) is 4.84. The van der Waals surface area contributed by atoms with E-state index in [9.17, 15) is 4.79 Å². The number of halogens is 1. The van der Waals surface area contributed by atoms with Crippen LogP contribution in [0.3, 0.4) is 0 Å². The summed E-state index contributed by atoms with van der Waals surface area (Å²) in [6.45, 7) is 10.4. The van der Waals surface area contributed by atoms with Crippen LogP contribution in [-0.4, -0.2) is 50.1 Å². The zero-order valence-corrected chi connectivity index (χ0v) is 12.5. The van der Waals surface area contributed by atoms with E-state index in [4.69, 9.17) is 0 Å². The molecule has 0 aliphatic carbocycles. The van der Waals surface area contributed by atoms with Crippen LogP contribution in [0.2, 0.25) is 0 Å². The molecule has 1 saturated heterocycles. The van der Waals surface area contributed by atoms with Crippen LogP contribution in [0.15, 0.2) is 0 Å². The molecule has 1 amide bonds. The summed E-state index contributed by atoms with van der Waals surface area (Å²) >= 11 is 0. The van der Waals surface area contributed by atoms with E-state index < -0.39 is 0 Å². The van der Waals surface area contributed by atoms with Crippen LogP contribution in [0.1, 0.15) is 33.1 Å². The number of amides is 1. The molecule has 4 nitrogen and oxygen atoms in total. The molecule has 18 heavy (non-hydrogen) atoms. The van der Waals surface area contributed by atoms with Crippen molar-refractivity contribution < 1.29 is 4.79 Å². The third-order valence-electron chi connectivity index (χ3n) is 3.18. The highest BCUT2D eigenvalue weighted by Crippen LogP contribution is 2.02. The number of hydrogen-bond donors (Lipinski definition) is 2. The normalized spacial score (nSPS) is 15.1. The Morgan fingerprint density at radius 1 is 1.22 bits per heavy atom. The average molecular weight is 278 g/mol. The van der Waals surface area contributed by atoms with Crippen LogP contribution in [-0.2, 0) is 4.79 Å². The van der Waals surface area contributed by atoms with Gasteiger partial charge in [-0.15, -0.1) is 12.4 Å². The van der Waals surface area contributed by atoms with Crippen LogP contribution in [0.25, 0.3) is 0 Å². The highest BCUT2D eigenvalue weighted by molar-refractivity contribution is 5.85. The van der Waals surface area contributed by atoms with Crippen molar-refractivity contribution in [1.82, 2.24) is 15.5 Å². The predicted octanol–water partition coefficient (Wildman–Crippen LogP) is 1.26. The fraction of sp³-hybridized carbons (Fsp3) is 0.923. The van der Waals surface area contributed by atoms with Gasteiger partial charge in [-0.05, 0) is 38.9 Å². The van der Waals surface area contributed by atoms with Crippen molar-refractivity contribution in [2.75, 3.05) is 39.3 Å². The molecule has 1 heterocycles. The molecular formula is C13H28ClN3O. The smallest absolute Gasteiger partial charge is 0.225 e. The van der Waals surface area contributed by atoms with Gasteiger partial charge in [-0.3, -0.25) is 4.79 Å². The van der Waals surface area contributed by atoms with E-state index in [1.165, 1.54) is 25.9 Å². The van der Waals surface area contributed by atoms with Crippen molar-refractivity contribution in [1.29, 1.82) is 0 Å². The third-order valence-corrected chi connectivity index (χ3v) is 3.18. The zero-order valence-electron chi connectivity index (χ0n) is 11.7. The van der Waals surface area contributed by atoms with Gasteiger partial charge in [0.1, 0.15) is 0 Å². The van der Waals surface area contributed by atoms with Gasteiger partial charge < -0.3 is 15.5 Å². The van der Waals surface area contributed by atoms with Crippen molar-refractivity contribution in [3.05, 3.63) is 0 Å². The Bertz CT molecular complexity index is 216. The summed E-state index contributed by atoms with van der Waals surface area (Å²) in [5.41, 5.74) is 0. The molecule has 1 rings (SSSR count). The molecule has 0 aromatic carbocycles. The van der Waals surface area contributed by atoms with Gasteiger partial charge in [-0.2, -0.15) is 0 Å². The van der Waals surface area contributed by atoms with Crippen molar-refractivity contribution >= 4 is 18.3 Å². The molecule has 108 valence electrons. The molecule has 5 heteroatoms. The predicted molar refractivity (Wildman–Crippen MR) is 78.3 cm³/mol. The standard InChI is InChI=1S/C13H27N3O.ClH/c1-3-7-16(8-4-2)9-5-6-15-13(17)12-10-14-11-12;/h12,14H,3-11H2,1-2H3,(H,15,17);1H. The molecule has 0 saturated carbocycles. The molecule has 0 atom stereocenters. The molecule has 1 aliphatic heterocycles. The summed E-state index contributed by atoms with van der Waals surface area (Å²) in [7, 11) is 0. The lowest BCUT2D eigenvalue weighted by molar-refractivity contribution is -0.126. The molecule has 0 aromatic rings. The van der Waals surface area contributed by atoms with Gasteiger partial charge in [0.2, 0.25) is 5.91 Å². The van der Waals surface area contributed by atoms with E-state index in [2.05, 4.69) is 29.4 Å². The fourth-order valence-electron chi connectivity index (χ4n) is 2.10. The molecule has 0 unspecified atom stereocenters. The summed E-state index contributed by atoms with van der Waals surface area (Å²) in [5, 5.41) is 6.13. The summed E-state index contributed by atoms with van der Waals surface area (Å²) in [6, 6.07) is 0. The lowest BCUT2D eigenvalue weighted by Crippen LogP contribution is -2.51.